The van der Waals surface area contributed by atoms with Gasteiger partial charge in [-0.05, 0) is 68.6 Å². The molecule has 1 aromatic carbocycles. The molecule has 2 bridgehead atoms. The molecule has 1 unspecified atom stereocenters. The summed E-state index contributed by atoms with van der Waals surface area (Å²) in [4.78, 5) is 17.3. The molecule has 2 atom stereocenters. The number of likely N-dealkylation sites (tertiary alicyclic amines) is 1. The fourth-order valence-electron chi connectivity index (χ4n) is 6.32. The number of quaternary nitrogens is 1. The first-order valence-electron chi connectivity index (χ1n) is 13.2. The van der Waals surface area contributed by atoms with Crippen LogP contribution in [0.2, 0.25) is 0 Å². The Morgan fingerprint density at radius 3 is 2.57 bits per heavy atom. The maximum absolute atomic E-state index is 13.8. The van der Waals surface area contributed by atoms with Crippen LogP contribution in [-0.2, 0) is 15.1 Å². The highest BCUT2D eigenvalue weighted by molar-refractivity contribution is 7.10. The predicted molar refractivity (Wildman–Crippen MR) is 136 cm³/mol. The molecule has 7 heteroatoms. The molecule has 0 amide bonds. The standard InChI is InChI=1S/C28H38FN2O3S/c1-28(26-7-5-20-35-26,30-14-3-2-4-15-30)27(32)34-25-21-31(17-12-22(25)13-18-31)16-6-19-33-24-10-8-23(29)9-11-24/h5,7-11,20,22,25H,2-4,6,12-19,21H2,1H3/q+1/t22?,25-,28?,31?/m1/s1. The topological polar surface area (TPSA) is 38.8 Å². The van der Waals surface area contributed by atoms with Gasteiger partial charge in [0.1, 0.15) is 18.1 Å². The molecule has 0 saturated carbocycles. The van der Waals surface area contributed by atoms with Crippen LogP contribution in [0.4, 0.5) is 4.39 Å². The van der Waals surface area contributed by atoms with Gasteiger partial charge in [0, 0.05) is 30.1 Å². The molecule has 0 radical (unpaired) electrons. The zero-order chi connectivity index (χ0) is 24.3. The van der Waals surface area contributed by atoms with Crippen LogP contribution in [0.3, 0.4) is 0 Å². The normalized spacial score (nSPS) is 28.4. The number of thiophene rings is 1. The van der Waals surface area contributed by atoms with Crippen LogP contribution in [0.5, 0.6) is 5.75 Å². The summed E-state index contributed by atoms with van der Waals surface area (Å²) in [5.41, 5.74) is -0.700. The minimum Gasteiger partial charge on any atom is -0.493 e. The van der Waals surface area contributed by atoms with Gasteiger partial charge in [-0.3, -0.25) is 4.90 Å². The maximum atomic E-state index is 13.8. The van der Waals surface area contributed by atoms with Gasteiger partial charge in [-0.2, -0.15) is 0 Å². The fraction of sp³-hybridized carbons (Fsp3) is 0.607. The molecule has 0 N–H and O–H groups in total. The van der Waals surface area contributed by atoms with E-state index in [0.717, 1.165) is 80.7 Å². The van der Waals surface area contributed by atoms with Crippen molar-refractivity contribution in [3.8, 4) is 5.75 Å². The lowest BCUT2D eigenvalue weighted by Crippen LogP contribution is -2.65. The van der Waals surface area contributed by atoms with Gasteiger partial charge < -0.3 is 14.0 Å². The van der Waals surface area contributed by atoms with E-state index in [0.29, 0.717) is 18.3 Å². The minimum atomic E-state index is -0.700. The molecule has 4 aliphatic heterocycles. The molecule has 0 aliphatic carbocycles. The lowest BCUT2D eigenvalue weighted by atomic mass is 9.82. The molecule has 2 aromatic rings. The summed E-state index contributed by atoms with van der Waals surface area (Å²) < 4.78 is 26.4. The Balaban J connectivity index is 1.21. The lowest BCUT2D eigenvalue weighted by molar-refractivity contribution is -0.946. The van der Waals surface area contributed by atoms with Gasteiger partial charge in [-0.1, -0.05) is 12.5 Å². The highest BCUT2D eigenvalue weighted by Gasteiger charge is 2.50. The first-order chi connectivity index (χ1) is 17.0. The van der Waals surface area contributed by atoms with Crippen LogP contribution < -0.4 is 4.74 Å². The number of carbonyl (C=O) groups is 1. The van der Waals surface area contributed by atoms with Gasteiger partial charge in [0.15, 0.2) is 11.6 Å². The Bertz CT molecular complexity index is 969. The minimum absolute atomic E-state index is 0.00732. The Hall–Kier alpha value is -1.96. The van der Waals surface area contributed by atoms with Gasteiger partial charge in [-0.15, -0.1) is 11.3 Å². The van der Waals surface area contributed by atoms with E-state index in [4.69, 9.17) is 9.47 Å². The van der Waals surface area contributed by atoms with Crippen molar-refractivity contribution in [1.29, 1.82) is 0 Å². The summed E-state index contributed by atoms with van der Waals surface area (Å²) in [7, 11) is 0. The van der Waals surface area contributed by atoms with Crippen molar-refractivity contribution < 1.29 is 23.1 Å². The largest absolute Gasteiger partial charge is 0.493 e. The summed E-state index contributed by atoms with van der Waals surface area (Å²) in [5, 5.41) is 2.06. The van der Waals surface area contributed by atoms with Crippen molar-refractivity contribution in [1.82, 2.24) is 4.90 Å². The molecule has 35 heavy (non-hydrogen) atoms. The first kappa shape index (κ1) is 24.7. The number of halogens is 1. The second-order valence-corrected chi connectivity index (χ2v) is 11.7. The summed E-state index contributed by atoms with van der Waals surface area (Å²) in [6.07, 6.45) is 6.69. The van der Waals surface area contributed by atoms with E-state index in [1.54, 1.807) is 23.5 Å². The van der Waals surface area contributed by atoms with Crippen LogP contribution >= 0.6 is 11.3 Å². The zero-order valence-corrected chi connectivity index (χ0v) is 21.6. The van der Waals surface area contributed by atoms with Crippen molar-refractivity contribution in [3.63, 3.8) is 0 Å². The van der Waals surface area contributed by atoms with Crippen LogP contribution in [-0.4, -0.2) is 67.3 Å². The SMILES string of the molecule is CC(C(=O)O[C@@H]1C[N+]2(CCCOc3ccc(F)cc3)CCC1CC2)(c1cccs1)N1CCCCC1. The molecule has 4 fully saturated rings. The molecule has 5 nitrogen and oxygen atoms in total. The monoisotopic (exact) mass is 501 g/mol. The molecule has 6 rings (SSSR count). The Kier molecular flexibility index (Phi) is 7.47. The van der Waals surface area contributed by atoms with Crippen LogP contribution in [0.1, 0.15) is 50.3 Å². The third kappa shape index (κ3) is 5.27. The van der Waals surface area contributed by atoms with Crippen LogP contribution in [0.15, 0.2) is 41.8 Å². The highest BCUT2D eigenvalue weighted by Crippen LogP contribution is 2.39. The van der Waals surface area contributed by atoms with Crippen molar-refractivity contribution >= 4 is 17.3 Å². The van der Waals surface area contributed by atoms with Crippen molar-refractivity contribution in [2.45, 2.75) is 57.1 Å². The Morgan fingerprint density at radius 2 is 1.89 bits per heavy atom. The quantitative estimate of drug-likeness (QED) is 0.269. The number of nitrogens with zero attached hydrogens (tertiary/aromatic N) is 2. The second kappa shape index (κ2) is 10.6. The molecular formula is C28H38FN2O3S+. The number of benzene rings is 1. The van der Waals surface area contributed by atoms with Crippen molar-refractivity contribution in [2.75, 3.05) is 45.9 Å². The smallest absolute Gasteiger partial charge is 0.332 e. The number of ether oxygens (including phenoxy) is 2. The lowest BCUT2D eigenvalue weighted by Gasteiger charge is -2.52. The number of hydrogen-bond donors (Lipinski definition) is 0. The third-order valence-corrected chi connectivity index (χ3v) is 9.63. The van der Waals surface area contributed by atoms with Crippen molar-refractivity contribution in [3.05, 3.63) is 52.5 Å². The second-order valence-electron chi connectivity index (χ2n) is 10.7. The molecule has 0 spiro atoms. The van der Waals surface area contributed by atoms with Gasteiger partial charge >= 0.3 is 5.97 Å². The van der Waals surface area contributed by atoms with Crippen molar-refractivity contribution in [2.24, 2.45) is 5.92 Å². The number of fused-ring (bicyclic) bond motifs is 3. The van der Waals surface area contributed by atoms with E-state index >= 15 is 0 Å². The molecule has 5 heterocycles. The summed E-state index contributed by atoms with van der Waals surface area (Å²) in [6, 6.07) is 10.3. The van der Waals surface area contributed by atoms with E-state index in [1.807, 2.05) is 6.07 Å². The van der Waals surface area contributed by atoms with Gasteiger partial charge in [0.2, 0.25) is 0 Å². The average molecular weight is 502 g/mol. The molecule has 4 saturated heterocycles. The summed E-state index contributed by atoms with van der Waals surface area (Å²) in [6.45, 7) is 8.84. The van der Waals surface area contributed by atoms with Gasteiger partial charge in [0.05, 0.1) is 26.2 Å². The number of esters is 1. The number of rotatable bonds is 9. The molecule has 190 valence electrons. The van der Waals surface area contributed by atoms with Crippen LogP contribution in [0, 0.1) is 11.7 Å². The zero-order valence-electron chi connectivity index (χ0n) is 20.8. The Labute approximate surface area is 212 Å². The van der Waals surface area contributed by atoms with E-state index in [2.05, 4.69) is 23.3 Å². The summed E-state index contributed by atoms with van der Waals surface area (Å²) in [5.74, 6) is 0.866. The van der Waals surface area contributed by atoms with E-state index in [-0.39, 0.29) is 17.9 Å². The number of piperidine rings is 4. The average Bonchev–Trinajstić information content (AvgIpc) is 3.44. The molecular weight excluding hydrogens is 463 g/mol. The first-order valence-corrected chi connectivity index (χ1v) is 14.1. The predicted octanol–water partition coefficient (Wildman–Crippen LogP) is 5.21. The van der Waals surface area contributed by atoms with E-state index in [9.17, 15) is 9.18 Å². The number of hydrogen-bond acceptors (Lipinski definition) is 5. The van der Waals surface area contributed by atoms with Crippen LogP contribution in [0.25, 0.3) is 0 Å². The third-order valence-electron chi connectivity index (χ3n) is 8.55. The highest BCUT2D eigenvalue weighted by atomic mass is 32.1. The van der Waals surface area contributed by atoms with Gasteiger partial charge in [-0.25, -0.2) is 9.18 Å². The summed E-state index contributed by atoms with van der Waals surface area (Å²) >= 11 is 1.66. The fourth-order valence-corrected chi connectivity index (χ4v) is 7.23. The molecule has 1 aromatic heterocycles. The van der Waals surface area contributed by atoms with Gasteiger partial charge in [0.25, 0.3) is 0 Å². The maximum Gasteiger partial charge on any atom is 0.332 e. The Morgan fingerprint density at radius 1 is 1.14 bits per heavy atom. The molecule has 4 aliphatic rings. The number of carbonyl (C=O) groups excluding carboxylic acids is 1. The van der Waals surface area contributed by atoms with E-state index in [1.165, 1.54) is 18.6 Å². The van der Waals surface area contributed by atoms with E-state index < -0.39 is 5.54 Å².